The summed E-state index contributed by atoms with van der Waals surface area (Å²) >= 11 is 0. The Labute approximate surface area is 135 Å². The zero-order valence-corrected chi connectivity index (χ0v) is 14.0. The third-order valence-corrected chi connectivity index (χ3v) is 2.63. The molecule has 0 aromatic carbocycles. The van der Waals surface area contributed by atoms with Crippen LogP contribution in [0.2, 0.25) is 0 Å². The van der Waals surface area contributed by atoms with Gasteiger partial charge in [-0.15, -0.1) is 24.0 Å². The molecule has 110 valence electrons. The average Bonchev–Trinajstić information content (AvgIpc) is 3.05. The fourth-order valence-electron chi connectivity index (χ4n) is 1.68. The summed E-state index contributed by atoms with van der Waals surface area (Å²) in [6, 6.07) is 3.79. The molecular formula is C13H20IN5O. The van der Waals surface area contributed by atoms with Crippen molar-refractivity contribution in [3.63, 3.8) is 0 Å². The van der Waals surface area contributed by atoms with Gasteiger partial charge in [0.05, 0.1) is 25.5 Å². The first kappa shape index (κ1) is 16.5. The number of nitrogens with zero attached hydrogens (tertiary/aromatic N) is 3. The molecule has 0 saturated heterocycles. The van der Waals surface area contributed by atoms with Gasteiger partial charge in [-0.25, -0.2) is 0 Å². The molecule has 0 amide bonds. The second kappa shape index (κ2) is 8.62. The van der Waals surface area contributed by atoms with Crippen LogP contribution in [-0.2, 0) is 13.1 Å². The predicted octanol–water partition coefficient (Wildman–Crippen LogP) is 1.77. The molecule has 2 aromatic heterocycles. The van der Waals surface area contributed by atoms with Gasteiger partial charge in [-0.3, -0.25) is 9.67 Å². The molecule has 6 nitrogen and oxygen atoms in total. The minimum absolute atomic E-state index is 0. The molecule has 0 saturated carbocycles. The summed E-state index contributed by atoms with van der Waals surface area (Å²) in [7, 11) is 1.75. The number of guanidine groups is 1. The van der Waals surface area contributed by atoms with E-state index in [1.807, 2.05) is 36.1 Å². The van der Waals surface area contributed by atoms with Gasteiger partial charge in [0.15, 0.2) is 5.96 Å². The zero-order chi connectivity index (χ0) is 13.5. The van der Waals surface area contributed by atoms with Crippen LogP contribution in [0.25, 0.3) is 0 Å². The standard InChI is InChI=1S/C13H19N5O.HI/c1-11-8-17-18(10-11)6-5-15-13(14-2)16-9-12-4-3-7-19-12;/h3-4,7-8,10H,5-6,9H2,1-2H3,(H2,14,15,16);1H. The summed E-state index contributed by atoms with van der Waals surface area (Å²) < 4.78 is 7.15. The van der Waals surface area contributed by atoms with Crippen molar-refractivity contribution in [1.82, 2.24) is 20.4 Å². The Hall–Kier alpha value is -1.51. The summed E-state index contributed by atoms with van der Waals surface area (Å²) in [5.74, 6) is 1.63. The molecule has 2 N–H and O–H groups in total. The van der Waals surface area contributed by atoms with Crippen LogP contribution >= 0.6 is 24.0 Å². The predicted molar refractivity (Wildman–Crippen MR) is 89.3 cm³/mol. The molecule has 0 unspecified atom stereocenters. The molecule has 0 bridgehead atoms. The number of furan rings is 1. The van der Waals surface area contributed by atoms with Crippen LogP contribution in [0.15, 0.2) is 40.2 Å². The Balaban J connectivity index is 0.00000200. The van der Waals surface area contributed by atoms with Crippen molar-refractivity contribution in [2.24, 2.45) is 4.99 Å². The molecule has 0 atom stereocenters. The molecule has 0 radical (unpaired) electrons. The number of hydrogen-bond acceptors (Lipinski definition) is 3. The number of rotatable bonds is 5. The Morgan fingerprint density at radius 2 is 2.30 bits per heavy atom. The molecule has 2 aromatic rings. The highest BCUT2D eigenvalue weighted by molar-refractivity contribution is 14.0. The normalized spacial score (nSPS) is 11.0. The van der Waals surface area contributed by atoms with E-state index in [9.17, 15) is 0 Å². The van der Waals surface area contributed by atoms with E-state index >= 15 is 0 Å². The van der Waals surface area contributed by atoms with E-state index in [4.69, 9.17) is 4.42 Å². The quantitative estimate of drug-likeness (QED) is 0.465. The van der Waals surface area contributed by atoms with Crippen LogP contribution in [-0.4, -0.2) is 29.3 Å². The smallest absolute Gasteiger partial charge is 0.191 e. The summed E-state index contributed by atoms with van der Waals surface area (Å²) in [5.41, 5.74) is 1.17. The van der Waals surface area contributed by atoms with Gasteiger partial charge in [0.25, 0.3) is 0 Å². The Morgan fingerprint density at radius 3 is 2.90 bits per heavy atom. The van der Waals surface area contributed by atoms with Gasteiger partial charge in [-0.2, -0.15) is 5.10 Å². The van der Waals surface area contributed by atoms with Crippen LogP contribution in [0.1, 0.15) is 11.3 Å². The van der Waals surface area contributed by atoms with Crippen molar-refractivity contribution in [2.75, 3.05) is 13.6 Å². The minimum Gasteiger partial charge on any atom is -0.467 e. The number of hydrogen-bond donors (Lipinski definition) is 2. The van der Waals surface area contributed by atoms with Crippen molar-refractivity contribution >= 4 is 29.9 Å². The SMILES string of the molecule is CN=C(NCCn1cc(C)cn1)NCc1ccco1.I. The number of aromatic nitrogens is 2. The molecule has 2 heterocycles. The van der Waals surface area contributed by atoms with Crippen molar-refractivity contribution in [3.05, 3.63) is 42.1 Å². The maximum atomic E-state index is 5.25. The highest BCUT2D eigenvalue weighted by Gasteiger charge is 2.00. The number of nitrogens with one attached hydrogen (secondary N) is 2. The number of halogens is 1. The number of aliphatic imine (C=N–C) groups is 1. The molecular weight excluding hydrogens is 369 g/mol. The molecule has 2 rings (SSSR count). The zero-order valence-electron chi connectivity index (χ0n) is 11.7. The van der Waals surface area contributed by atoms with E-state index in [-0.39, 0.29) is 24.0 Å². The summed E-state index contributed by atoms with van der Waals surface area (Å²) in [5, 5.41) is 10.6. The van der Waals surface area contributed by atoms with Crippen LogP contribution < -0.4 is 10.6 Å². The van der Waals surface area contributed by atoms with Gasteiger partial charge in [-0.1, -0.05) is 0 Å². The van der Waals surface area contributed by atoms with E-state index < -0.39 is 0 Å². The molecule has 0 spiro atoms. The van der Waals surface area contributed by atoms with E-state index in [0.717, 1.165) is 24.8 Å². The topological polar surface area (TPSA) is 67.4 Å². The van der Waals surface area contributed by atoms with Crippen molar-refractivity contribution in [2.45, 2.75) is 20.0 Å². The van der Waals surface area contributed by atoms with Crippen molar-refractivity contribution in [1.29, 1.82) is 0 Å². The third kappa shape index (κ3) is 5.24. The lowest BCUT2D eigenvalue weighted by Gasteiger charge is -2.10. The van der Waals surface area contributed by atoms with Gasteiger partial charge in [0, 0.05) is 19.8 Å². The van der Waals surface area contributed by atoms with E-state index in [2.05, 4.69) is 20.7 Å². The van der Waals surface area contributed by atoms with Gasteiger partial charge in [-0.05, 0) is 24.6 Å². The van der Waals surface area contributed by atoms with E-state index in [1.165, 1.54) is 5.56 Å². The summed E-state index contributed by atoms with van der Waals surface area (Å²) in [6.45, 7) is 4.21. The Bertz CT molecular complexity index is 521. The lowest BCUT2D eigenvalue weighted by atomic mass is 10.4. The summed E-state index contributed by atoms with van der Waals surface area (Å²) in [6.07, 6.45) is 5.53. The fraction of sp³-hybridized carbons (Fsp3) is 0.385. The van der Waals surface area contributed by atoms with Gasteiger partial charge in [0.2, 0.25) is 0 Å². The molecule has 0 fully saturated rings. The molecule has 7 heteroatoms. The molecule has 0 aliphatic heterocycles. The monoisotopic (exact) mass is 389 g/mol. The first-order valence-corrected chi connectivity index (χ1v) is 6.24. The van der Waals surface area contributed by atoms with Crippen molar-refractivity contribution < 1.29 is 4.42 Å². The Kier molecular flexibility index (Phi) is 7.13. The van der Waals surface area contributed by atoms with Crippen LogP contribution in [0.5, 0.6) is 0 Å². The van der Waals surface area contributed by atoms with E-state index in [1.54, 1.807) is 13.3 Å². The molecule has 0 aliphatic carbocycles. The average molecular weight is 389 g/mol. The second-order valence-corrected chi connectivity index (χ2v) is 4.21. The largest absolute Gasteiger partial charge is 0.467 e. The lowest BCUT2D eigenvalue weighted by Crippen LogP contribution is -2.38. The highest BCUT2D eigenvalue weighted by atomic mass is 127. The van der Waals surface area contributed by atoms with Crippen molar-refractivity contribution in [3.8, 4) is 0 Å². The minimum atomic E-state index is 0. The second-order valence-electron chi connectivity index (χ2n) is 4.21. The van der Waals surface area contributed by atoms with E-state index in [0.29, 0.717) is 6.54 Å². The highest BCUT2D eigenvalue weighted by Crippen LogP contribution is 1.98. The van der Waals surface area contributed by atoms with Crippen LogP contribution in [0.4, 0.5) is 0 Å². The first-order valence-electron chi connectivity index (χ1n) is 6.24. The maximum absolute atomic E-state index is 5.25. The molecule has 20 heavy (non-hydrogen) atoms. The summed E-state index contributed by atoms with van der Waals surface area (Å²) in [4.78, 5) is 4.15. The number of aryl methyl sites for hydroxylation is 1. The first-order chi connectivity index (χ1) is 9.28. The lowest BCUT2D eigenvalue weighted by molar-refractivity contribution is 0.500. The van der Waals surface area contributed by atoms with Crippen LogP contribution in [0, 0.1) is 6.92 Å². The van der Waals surface area contributed by atoms with Gasteiger partial charge < -0.3 is 15.1 Å². The van der Waals surface area contributed by atoms with Gasteiger partial charge >= 0.3 is 0 Å². The Morgan fingerprint density at radius 1 is 1.45 bits per heavy atom. The fourth-order valence-corrected chi connectivity index (χ4v) is 1.68. The van der Waals surface area contributed by atoms with Gasteiger partial charge in [0.1, 0.15) is 5.76 Å². The molecule has 0 aliphatic rings. The van der Waals surface area contributed by atoms with Crippen LogP contribution in [0.3, 0.4) is 0 Å². The maximum Gasteiger partial charge on any atom is 0.191 e. The third-order valence-electron chi connectivity index (χ3n) is 2.63.